The van der Waals surface area contributed by atoms with E-state index < -0.39 is 0 Å². The third-order valence-corrected chi connectivity index (χ3v) is 3.71. The van der Waals surface area contributed by atoms with Gasteiger partial charge in [-0.3, -0.25) is 9.78 Å². The number of hydrogen-bond acceptors (Lipinski definition) is 4. The largest absolute Gasteiger partial charge is 0.341 e. The van der Waals surface area contributed by atoms with E-state index in [0.29, 0.717) is 17.3 Å². The van der Waals surface area contributed by atoms with Crippen LogP contribution >= 0.6 is 0 Å². The fourth-order valence-corrected chi connectivity index (χ4v) is 2.34. The Kier molecular flexibility index (Phi) is 3.68. The van der Waals surface area contributed by atoms with Gasteiger partial charge in [-0.1, -0.05) is 6.92 Å². The highest BCUT2D eigenvalue weighted by Gasteiger charge is 2.25. The summed E-state index contributed by atoms with van der Waals surface area (Å²) < 4.78 is 1.63. The zero-order valence-corrected chi connectivity index (χ0v) is 12.4. The average Bonchev–Trinajstić information content (AvgIpc) is 3.19. The van der Waals surface area contributed by atoms with Gasteiger partial charge < -0.3 is 4.90 Å². The van der Waals surface area contributed by atoms with Gasteiger partial charge in [-0.15, -0.1) is 0 Å². The number of hydrogen-bond donors (Lipinski definition) is 0. The second-order valence-electron chi connectivity index (χ2n) is 5.48. The molecule has 1 fully saturated rings. The predicted molar refractivity (Wildman–Crippen MR) is 78.2 cm³/mol. The monoisotopic (exact) mass is 285 g/mol. The molecule has 0 unspecified atom stereocenters. The topological polar surface area (TPSA) is 63.9 Å². The van der Waals surface area contributed by atoms with E-state index in [-0.39, 0.29) is 5.91 Å². The van der Waals surface area contributed by atoms with Crippen molar-refractivity contribution < 1.29 is 4.79 Å². The van der Waals surface area contributed by atoms with Crippen LogP contribution < -0.4 is 0 Å². The van der Waals surface area contributed by atoms with E-state index in [9.17, 15) is 4.79 Å². The summed E-state index contributed by atoms with van der Waals surface area (Å²) in [5.41, 5.74) is 1.46. The van der Waals surface area contributed by atoms with Crippen molar-refractivity contribution in [3.63, 3.8) is 0 Å². The summed E-state index contributed by atoms with van der Waals surface area (Å²) in [5.74, 6) is 1.37. The molecule has 1 saturated carbocycles. The summed E-state index contributed by atoms with van der Waals surface area (Å²) in [6.07, 6.45) is 9.87. The molecule has 1 aliphatic rings. The molecule has 6 heteroatoms. The zero-order valence-electron chi connectivity index (χ0n) is 12.4. The van der Waals surface area contributed by atoms with Gasteiger partial charge >= 0.3 is 0 Å². The Morgan fingerprint density at radius 1 is 1.38 bits per heavy atom. The Balaban J connectivity index is 1.80. The van der Waals surface area contributed by atoms with Crippen LogP contribution in [0.5, 0.6) is 0 Å². The first-order valence-corrected chi connectivity index (χ1v) is 7.29. The van der Waals surface area contributed by atoms with Crippen molar-refractivity contribution in [2.45, 2.75) is 26.2 Å². The molecular formula is C15H19N5O. The van der Waals surface area contributed by atoms with Crippen LogP contribution in [0.3, 0.4) is 0 Å². The number of carbonyl (C=O) groups excluding carboxylic acids is 1. The maximum atomic E-state index is 12.3. The van der Waals surface area contributed by atoms with Crippen LogP contribution in [0.1, 0.15) is 35.8 Å². The summed E-state index contributed by atoms with van der Waals surface area (Å²) >= 11 is 0. The van der Waals surface area contributed by atoms with Gasteiger partial charge in [-0.2, -0.15) is 5.10 Å². The highest BCUT2D eigenvalue weighted by molar-refractivity contribution is 5.93. The normalized spacial score (nSPS) is 14.2. The van der Waals surface area contributed by atoms with Crippen molar-refractivity contribution in [1.82, 2.24) is 24.6 Å². The average molecular weight is 285 g/mol. The number of nitrogens with zero attached hydrogens (tertiary/aromatic N) is 5. The second kappa shape index (κ2) is 5.63. The molecule has 2 aromatic rings. The molecule has 1 aliphatic carbocycles. The van der Waals surface area contributed by atoms with Crippen LogP contribution in [-0.2, 0) is 6.42 Å². The Bertz CT molecular complexity index is 647. The second-order valence-corrected chi connectivity index (χ2v) is 5.48. The molecular weight excluding hydrogens is 266 g/mol. The van der Waals surface area contributed by atoms with Crippen LogP contribution in [0.25, 0.3) is 5.82 Å². The fourth-order valence-electron chi connectivity index (χ4n) is 2.34. The third-order valence-electron chi connectivity index (χ3n) is 3.71. The summed E-state index contributed by atoms with van der Waals surface area (Å²) in [6.45, 7) is 2.85. The molecule has 0 radical (unpaired) electrons. The molecule has 0 saturated heterocycles. The fraction of sp³-hybridized carbons (Fsp3) is 0.467. The number of carbonyl (C=O) groups is 1. The highest BCUT2D eigenvalue weighted by atomic mass is 16.2. The Morgan fingerprint density at radius 2 is 2.14 bits per heavy atom. The predicted octanol–water partition coefficient (Wildman–Crippen LogP) is 1.71. The molecule has 6 nitrogen and oxygen atoms in total. The highest BCUT2D eigenvalue weighted by Crippen LogP contribution is 2.29. The smallest absolute Gasteiger partial charge is 0.256 e. The van der Waals surface area contributed by atoms with Gasteiger partial charge in [0.05, 0.1) is 17.5 Å². The zero-order chi connectivity index (χ0) is 14.8. The van der Waals surface area contributed by atoms with Crippen molar-refractivity contribution in [3.05, 3.63) is 36.0 Å². The van der Waals surface area contributed by atoms with Crippen LogP contribution in [0.15, 0.2) is 24.8 Å². The lowest BCUT2D eigenvalue weighted by atomic mass is 10.3. The van der Waals surface area contributed by atoms with Crippen LogP contribution in [0.2, 0.25) is 0 Å². The van der Waals surface area contributed by atoms with Gasteiger partial charge in [-0.05, 0) is 25.2 Å². The molecule has 2 aromatic heterocycles. The molecule has 110 valence electrons. The lowest BCUT2D eigenvalue weighted by Gasteiger charge is -2.15. The van der Waals surface area contributed by atoms with Gasteiger partial charge in [-0.25, -0.2) is 9.67 Å². The molecule has 0 aromatic carbocycles. The molecule has 0 spiro atoms. The van der Waals surface area contributed by atoms with Crippen molar-refractivity contribution >= 4 is 5.91 Å². The molecule has 0 bridgehead atoms. The molecule has 2 heterocycles. The standard InChI is InChI=1S/C15H19N5O/c1-3-13-14(17-7-6-16-13)20-10-12(8-18-20)15(21)19(2)9-11-4-5-11/h6-8,10-11H,3-5,9H2,1-2H3. The van der Waals surface area contributed by atoms with E-state index >= 15 is 0 Å². The first-order chi connectivity index (χ1) is 10.2. The van der Waals surface area contributed by atoms with Crippen LogP contribution in [-0.4, -0.2) is 44.1 Å². The number of amides is 1. The quantitative estimate of drug-likeness (QED) is 0.839. The Morgan fingerprint density at radius 3 is 2.86 bits per heavy atom. The van der Waals surface area contributed by atoms with Crippen LogP contribution in [0.4, 0.5) is 0 Å². The lowest BCUT2D eigenvalue weighted by Crippen LogP contribution is -2.28. The molecule has 1 amide bonds. The number of rotatable bonds is 5. The van der Waals surface area contributed by atoms with E-state index in [1.165, 1.54) is 12.8 Å². The summed E-state index contributed by atoms with van der Waals surface area (Å²) in [7, 11) is 1.85. The van der Waals surface area contributed by atoms with Gasteiger partial charge in [0.25, 0.3) is 5.91 Å². The molecule has 21 heavy (non-hydrogen) atoms. The van der Waals surface area contributed by atoms with E-state index in [1.54, 1.807) is 34.4 Å². The molecule has 3 rings (SSSR count). The van der Waals surface area contributed by atoms with Crippen LogP contribution in [0, 0.1) is 5.92 Å². The minimum absolute atomic E-state index is 0.00934. The van der Waals surface area contributed by atoms with Crippen molar-refractivity contribution in [2.24, 2.45) is 5.92 Å². The third kappa shape index (κ3) is 2.94. The van der Waals surface area contributed by atoms with E-state index in [2.05, 4.69) is 15.1 Å². The minimum Gasteiger partial charge on any atom is -0.341 e. The molecule has 0 atom stereocenters. The van der Waals surface area contributed by atoms with E-state index in [1.807, 2.05) is 14.0 Å². The van der Waals surface area contributed by atoms with Crippen molar-refractivity contribution in [2.75, 3.05) is 13.6 Å². The maximum absolute atomic E-state index is 12.3. The number of aromatic nitrogens is 4. The SMILES string of the molecule is CCc1nccnc1-n1cc(C(=O)N(C)CC2CC2)cn1. The molecule has 0 aliphatic heterocycles. The van der Waals surface area contributed by atoms with Gasteiger partial charge in [0.1, 0.15) is 0 Å². The van der Waals surface area contributed by atoms with E-state index in [0.717, 1.165) is 18.7 Å². The summed E-state index contributed by atoms with van der Waals surface area (Å²) in [5, 5.41) is 4.26. The lowest BCUT2D eigenvalue weighted by molar-refractivity contribution is 0.0788. The van der Waals surface area contributed by atoms with E-state index in [4.69, 9.17) is 0 Å². The molecule has 0 N–H and O–H groups in total. The van der Waals surface area contributed by atoms with Gasteiger partial charge in [0.2, 0.25) is 0 Å². The first kappa shape index (κ1) is 13.7. The van der Waals surface area contributed by atoms with Gasteiger partial charge in [0, 0.05) is 32.2 Å². The number of aryl methyl sites for hydroxylation is 1. The summed E-state index contributed by atoms with van der Waals surface area (Å²) in [4.78, 5) is 22.7. The van der Waals surface area contributed by atoms with Crippen molar-refractivity contribution in [3.8, 4) is 5.82 Å². The van der Waals surface area contributed by atoms with Gasteiger partial charge in [0.15, 0.2) is 5.82 Å². The Hall–Kier alpha value is -2.24. The minimum atomic E-state index is 0.00934. The maximum Gasteiger partial charge on any atom is 0.256 e. The summed E-state index contributed by atoms with van der Waals surface area (Å²) in [6, 6.07) is 0. The Labute approximate surface area is 123 Å². The van der Waals surface area contributed by atoms with Crippen molar-refractivity contribution in [1.29, 1.82) is 0 Å². The first-order valence-electron chi connectivity index (χ1n) is 7.29.